The summed E-state index contributed by atoms with van der Waals surface area (Å²) in [7, 11) is 2.24. The molecule has 0 spiro atoms. The molecular weight excluding hydrogens is 224 g/mol. The standard InChI is InChI=1S/C13H26N2O.C2H6/c1-3-4-11-9-13(10-15(11)2)16-12-5-7-14-8-6-12;1-2/h11-14H,3-10H2,1-2H3;1-2H3. The third kappa shape index (κ3) is 4.87. The summed E-state index contributed by atoms with van der Waals surface area (Å²) >= 11 is 0. The predicted octanol–water partition coefficient (Wildman–Crippen LogP) is 2.65. The summed E-state index contributed by atoms with van der Waals surface area (Å²) in [5.74, 6) is 0. The van der Waals surface area contributed by atoms with Crippen LogP contribution in [0.1, 0.15) is 52.9 Å². The number of hydrogen-bond donors (Lipinski definition) is 1. The molecule has 18 heavy (non-hydrogen) atoms. The van der Waals surface area contributed by atoms with Crippen LogP contribution in [0.25, 0.3) is 0 Å². The maximum atomic E-state index is 6.22. The minimum atomic E-state index is 0.490. The van der Waals surface area contributed by atoms with Crippen LogP contribution >= 0.6 is 0 Å². The Bertz CT molecular complexity index is 205. The Morgan fingerprint density at radius 2 is 1.83 bits per heavy atom. The fraction of sp³-hybridized carbons (Fsp3) is 1.00. The number of hydrogen-bond acceptors (Lipinski definition) is 3. The molecule has 1 N–H and O–H groups in total. The van der Waals surface area contributed by atoms with Crippen LogP contribution in [-0.2, 0) is 4.74 Å². The fourth-order valence-corrected chi connectivity index (χ4v) is 3.00. The van der Waals surface area contributed by atoms with E-state index in [4.69, 9.17) is 4.74 Å². The molecule has 2 atom stereocenters. The van der Waals surface area contributed by atoms with E-state index in [1.807, 2.05) is 13.8 Å². The highest BCUT2D eigenvalue weighted by molar-refractivity contribution is 4.85. The lowest BCUT2D eigenvalue weighted by Gasteiger charge is -2.26. The van der Waals surface area contributed by atoms with E-state index < -0.39 is 0 Å². The first-order valence-corrected chi connectivity index (χ1v) is 7.86. The van der Waals surface area contributed by atoms with Crippen molar-refractivity contribution in [2.45, 2.75) is 71.1 Å². The molecule has 2 heterocycles. The smallest absolute Gasteiger partial charge is 0.0720 e. The summed E-state index contributed by atoms with van der Waals surface area (Å²) < 4.78 is 6.22. The first kappa shape index (κ1) is 15.9. The Labute approximate surface area is 113 Å². The van der Waals surface area contributed by atoms with Crippen molar-refractivity contribution in [3.8, 4) is 0 Å². The minimum absolute atomic E-state index is 0.490. The van der Waals surface area contributed by atoms with Gasteiger partial charge in [0.05, 0.1) is 12.2 Å². The SMILES string of the molecule is CC.CCCC1CC(OC2CCNCC2)CN1C. The van der Waals surface area contributed by atoms with E-state index in [-0.39, 0.29) is 0 Å². The van der Waals surface area contributed by atoms with Gasteiger partial charge in [0, 0.05) is 12.6 Å². The van der Waals surface area contributed by atoms with Crippen molar-refractivity contribution in [1.82, 2.24) is 10.2 Å². The van der Waals surface area contributed by atoms with Crippen LogP contribution in [0.3, 0.4) is 0 Å². The molecule has 2 saturated heterocycles. The monoisotopic (exact) mass is 256 g/mol. The van der Waals surface area contributed by atoms with Crippen molar-refractivity contribution in [1.29, 1.82) is 0 Å². The van der Waals surface area contributed by atoms with Crippen molar-refractivity contribution >= 4 is 0 Å². The summed E-state index contributed by atoms with van der Waals surface area (Å²) in [6.07, 6.45) is 7.24. The van der Waals surface area contributed by atoms with E-state index in [0.29, 0.717) is 12.2 Å². The molecule has 0 saturated carbocycles. The lowest BCUT2D eigenvalue weighted by atomic mass is 10.1. The topological polar surface area (TPSA) is 24.5 Å². The molecule has 2 aliphatic heterocycles. The second kappa shape index (κ2) is 8.89. The van der Waals surface area contributed by atoms with Gasteiger partial charge in [0.15, 0.2) is 0 Å². The Morgan fingerprint density at radius 1 is 1.17 bits per heavy atom. The summed E-state index contributed by atoms with van der Waals surface area (Å²) in [6, 6.07) is 0.761. The zero-order valence-corrected chi connectivity index (χ0v) is 12.7. The molecule has 3 nitrogen and oxygen atoms in total. The third-order valence-electron chi connectivity index (χ3n) is 3.94. The minimum Gasteiger partial charge on any atom is -0.373 e. The van der Waals surface area contributed by atoms with Gasteiger partial charge in [-0.2, -0.15) is 0 Å². The van der Waals surface area contributed by atoms with E-state index in [1.54, 1.807) is 0 Å². The molecule has 0 amide bonds. The molecule has 2 fully saturated rings. The van der Waals surface area contributed by atoms with Gasteiger partial charge in [-0.3, -0.25) is 0 Å². The number of likely N-dealkylation sites (tertiary alicyclic amines) is 1. The maximum Gasteiger partial charge on any atom is 0.0720 e. The molecule has 0 aliphatic carbocycles. The van der Waals surface area contributed by atoms with Crippen LogP contribution in [0.5, 0.6) is 0 Å². The first-order chi connectivity index (χ1) is 8.79. The molecule has 0 bridgehead atoms. The predicted molar refractivity (Wildman–Crippen MR) is 78.1 cm³/mol. The molecule has 2 rings (SSSR count). The number of ether oxygens (including phenoxy) is 1. The van der Waals surface area contributed by atoms with Crippen molar-refractivity contribution in [3.05, 3.63) is 0 Å². The summed E-state index contributed by atoms with van der Waals surface area (Å²) in [5.41, 5.74) is 0. The van der Waals surface area contributed by atoms with Crippen LogP contribution in [0.2, 0.25) is 0 Å². The highest BCUT2D eigenvalue weighted by Crippen LogP contribution is 2.24. The number of nitrogens with zero attached hydrogens (tertiary/aromatic N) is 1. The molecule has 108 valence electrons. The summed E-state index contributed by atoms with van der Waals surface area (Å²) in [6.45, 7) is 9.67. The highest BCUT2D eigenvalue weighted by Gasteiger charge is 2.31. The second-order valence-electron chi connectivity index (χ2n) is 5.33. The molecular formula is C15H32N2O. The van der Waals surface area contributed by atoms with Crippen molar-refractivity contribution < 1.29 is 4.74 Å². The molecule has 0 radical (unpaired) electrons. The molecule has 0 aromatic heterocycles. The molecule has 2 unspecified atom stereocenters. The molecule has 0 aromatic carbocycles. The Kier molecular flexibility index (Phi) is 7.87. The van der Waals surface area contributed by atoms with Crippen molar-refractivity contribution in [2.75, 3.05) is 26.7 Å². The van der Waals surface area contributed by atoms with Crippen LogP contribution in [0, 0.1) is 0 Å². The van der Waals surface area contributed by atoms with Crippen LogP contribution in [0.15, 0.2) is 0 Å². The number of likely N-dealkylation sites (N-methyl/N-ethyl adjacent to an activating group) is 1. The van der Waals surface area contributed by atoms with Crippen LogP contribution < -0.4 is 5.32 Å². The van der Waals surface area contributed by atoms with Crippen LogP contribution in [0.4, 0.5) is 0 Å². The summed E-state index contributed by atoms with van der Waals surface area (Å²) in [4.78, 5) is 2.48. The van der Waals surface area contributed by atoms with E-state index >= 15 is 0 Å². The molecule has 2 aliphatic rings. The van der Waals surface area contributed by atoms with Gasteiger partial charge in [-0.05, 0) is 45.8 Å². The highest BCUT2D eigenvalue weighted by atomic mass is 16.5. The quantitative estimate of drug-likeness (QED) is 0.837. The Balaban J connectivity index is 0.000000771. The average Bonchev–Trinajstić information content (AvgIpc) is 2.74. The van der Waals surface area contributed by atoms with Crippen LogP contribution in [-0.4, -0.2) is 49.8 Å². The van der Waals surface area contributed by atoms with Gasteiger partial charge in [0.2, 0.25) is 0 Å². The second-order valence-corrected chi connectivity index (χ2v) is 5.33. The molecule has 0 aromatic rings. The Hall–Kier alpha value is -0.120. The zero-order valence-electron chi connectivity index (χ0n) is 12.7. The van der Waals surface area contributed by atoms with E-state index in [9.17, 15) is 0 Å². The third-order valence-corrected chi connectivity index (χ3v) is 3.94. The van der Waals surface area contributed by atoms with Gasteiger partial charge in [0.25, 0.3) is 0 Å². The average molecular weight is 256 g/mol. The van der Waals surface area contributed by atoms with Gasteiger partial charge >= 0.3 is 0 Å². The maximum absolute atomic E-state index is 6.22. The van der Waals surface area contributed by atoms with E-state index in [0.717, 1.165) is 25.7 Å². The normalized spacial score (nSPS) is 30.0. The van der Waals surface area contributed by atoms with E-state index in [1.165, 1.54) is 32.1 Å². The first-order valence-electron chi connectivity index (χ1n) is 7.86. The van der Waals surface area contributed by atoms with Gasteiger partial charge < -0.3 is 15.0 Å². The molecule has 3 heteroatoms. The van der Waals surface area contributed by atoms with Gasteiger partial charge in [-0.15, -0.1) is 0 Å². The fourth-order valence-electron chi connectivity index (χ4n) is 3.00. The largest absolute Gasteiger partial charge is 0.373 e. The lowest BCUT2D eigenvalue weighted by Crippen LogP contribution is -2.35. The Morgan fingerprint density at radius 3 is 2.44 bits per heavy atom. The van der Waals surface area contributed by atoms with Gasteiger partial charge in [0.1, 0.15) is 0 Å². The number of rotatable bonds is 4. The van der Waals surface area contributed by atoms with Gasteiger partial charge in [-0.25, -0.2) is 0 Å². The van der Waals surface area contributed by atoms with Crippen molar-refractivity contribution in [2.24, 2.45) is 0 Å². The van der Waals surface area contributed by atoms with E-state index in [2.05, 4.69) is 24.2 Å². The van der Waals surface area contributed by atoms with Crippen molar-refractivity contribution in [3.63, 3.8) is 0 Å². The van der Waals surface area contributed by atoms with Gasteiger partial charge in [-0.1, -0.05) is 27.2 Å². The zero-order chi connectivity index (χ0) is 13.4. The summed E-state index contributed by atoms with van der Waals surface area (Å²) in [5, 5.41) is 3.39. The number of nitrogens with one attached hydrogen (secondary N) is 1. The lowest BCUT2D eigenvalue weighted by molar-refractivity contribution is -0.0200. The number of piperidine rings is 1.